The lowest BCUT2D eigenvalue weighted by atomic mass is 9.98. The molecule has 2 aliphatic carbocycles. The van der Waals surface area contributed by atoms with E-state index in [9.17, 15) is 26.8 Å². The maximum atomic E-state index is 14.7. The van der Waals surface area contributed by atoms with Crippen molar-refractivity contribution in [1.29, 1.82) is 0 Å². The van der Waals surface area contributed by atoms with Gasteiger partial charge in [-0.25, -0.2) is 17.2 Å². The van der Waals surface area contributed by atoms with Crippen LogP contribution in [0.15, 0.2) is 41.4 Å². The summed E-state index contributed by atoms with van der Waals surface area (Å²) in [5.74, 6) is -2.65. The Morgan fingerprint density at radius 3 is 2.43 bits per heavy atom. The number of pyridine rings is 1. The quantitative estimate of drug-likeness (QED) is 0.627. The van der Waals surface area contributed by atoms with Gasteiger partial charge in [-0.1, -0.05) is 23.7 Å². The SMILES string of the molecule is CC1(NC(=O)C2CC(S(=O)(=O)c3ccccc3F)CN2C(=O)C2(c3ncc(Cl)cc3F)CC2)CC1. The van der Waals surface area contributed by atoms with Gasteiger partial charge >= 0.3 is 0 Å². The maximum Gasteiger partial charge on any atom is 0.243 e. The number of benzene rings is 1. The summed E-state index contributed by atoms with van der Waals surface area (Å²) in [5.41, 5.74) is -1.75. The van der Waals surface area contributed by atoms with Crippen molar-refractivity contribution >= 4 is 33.3 Å². The molecule has 2 heterocycles. The van der Waals surface area contributed by atoms with Gasteiger partial charge in [-0.3, -0.25) is 14.6 Å². The van der Waals surface area contributed by atoms with Crippen molar-refractivity contribution in [3.05, 3.63) is 58.9 Å². The van der Waals surface area contributed by atoms with Crippen molar-refractivity contribution in [3.8, 4) is 0 Å². The van der Waals surface area contributed by atoms with Crippen molar-refractivity contribution in [2.24, 2.45) is 0 Å². The molecule has 0 radical (unpaired) electrons. The number of nitrogens with one attached hydrogen (secondary N) is 1. The Morgan fingerprint density at radius 2 is 1.83 bits per heavy atom. The topological polar surface area (TPSA) is 96.4 Å². The number of likely N-dealkylation sites (tertiary alicyclic amines) is 1. The monoisotopic (exact) mass is 523 g/mol. The second kappa shape index (κ2) is 8.23. The van der Waals surface area contributed by atoms with Crippen LogP contribution in [-0.4, -0.2) is 53.5 Å². The fraction of sp³-hybridized carbons (Fsp3) is 0.458. The molecular formula is C24H24ClF2N3O4S. The van der Waals surface area contributed by atoms with Gasteiger partial charge in [-0.05, 0) is 57.2 Å². The van der Waals surface area contributed by atoms with Crippen molar-refractivity contribution < 1.29 is 26.8 Å². The number of hydrogen-bond donors (Lipinski definition) is 1. The first-order valence-corrected chi connectivity index (χ1v) is 13.3. The number of halogens is 3. The van der Waals surface area contributed by atoms with Crippen LogP contribution in [0.25, 0.3) is 0 Å². The van der Waals surface area contributed by atoms with E-state index in [2.05, 4.69) is 10.3 Å². The minimum absolute atomic E-state index is 0.0689. The molecule has 35 heavy (non-hydrogen) atoms. The van der Waals surface area contributed by atoms with Crippen LogP contribution in [0, 0.1) is 11.6 Å². The zero-order chi connectivity index (χ0) is 25.2. The molecule has 186 valence electrons. The summed E-state index contributed by atoms with van der Waals surface area (Å²) in [6.45, 7) is 1.57. The van der Waals surface area contributed by atoms with Gasteiger partial charge in [0.1, 0.15) is 22.6 Å². The average Bonchev–Trinajstić information content (AvgIpc) is 3.70. The Bertz CT molecular complexity index is 1330. The van der Waals surface area contributed by atoms with Crippen LogP contribution >= 0.6 is 11.6 Å². The van der Waals surface area contributed by atoms with Gasteiger partial charge in [0, 0.05) is 18.3 Å². The van der Waals surface area contributed by atoms with E-state index in [4.69, 9.17) is 11.6 Å². The Balaban J connectivity index is 1.49. The van der Waals surface area contributed by atoms with Gasteiger partial charge in [-0.2, -0.15) is 0 Å². The summed E-state index contributed by atoms with van der Waals surface area (Å²) in [4.78, 5) is 31.8. The molecular weight excluding hydrogens is 500 g/mol. The van der Waals surface area contributed by atoms with Crippen molar-refractivity contribution in [2.75, 3.05) is 6.54 Å². The summed E-state index contributed by atoms with van der Waals surface area (Å²) in [6.07, 6.45) is 3.24. The van der Waals surface area contributed by atoms with Gasteiger partial charge in [0.25, 0.3) is 0 Å². The van der Waals surface area contributed by atoms with Gasteiger partial charge < -0.3 is 10.2 Å². The van der Waals surface area contributed by atoms with Gasteiger partial charge in [0.05, 0.1) is 21.4 Å². The Labute approximate surface area is 206 Å². The highest BCUT2D eigenvalue weighted by Gasteiger charge is 2.59. The van der Waals surface area contributed by atoms with E-state index < -0.39 is 60.4 Å². The van der Waals surface area contributed by atoms with E-state index in [1.54, 1.807) is 0 Å². The predicted molar refractivity (Wildman–Crippen MR) is 123 cm³/mol. The molecule has 1 aromatic carbocycles. The third kappa shape index (κ3) is 4.20. The third-order valence-corrected chi connectivity index (χ3v) is 9.62. The summed E-state index contributed by atoms with van der Waals surface area (Å²) in [7, 11) is -4.19. The number of nitrogens with zero attached hydrogens (tertiary/aromatic N) is 2. The summed E-state index contributed by atoms with van der Waals surface area (Å²) < 4.78 is 55.7. The molecule has 3 fully saturated rings. The first kappa shape index (κ1) is 24.1. The fourth-order valence-corrected chi connectivity index (χ4v) is 6.67. The number of rotatable bonds is 6. The Hall–Kier alpha value is -2.59. The van der Waals surface area contributed by atoms with E-state index in [-0.39, 0.29) is 23.7 Å². The van der Waals surface area contributed by atoms with Crippen LogP contribution in [0.5, 0.6) is 0 Å². The fourth-order valence-electron chi connectivity index (χ4n) is 4.76. The smallest absolute Gasteiger partial charge is 0.243 e. The molecule has 2 aromatic rings. The van der Waals surface area contributed by atoms with Gasteiger partial charge in [0.15, 0.2) is 9.84 Å². The zero-order valence-corrected chi connectivity index (χ0v) is 20.5. The lowest BCUT2D eigenvalue weighted by Gasteiger charge is -2.29. The Kier molecular flexibility index (Phi) is 5.67. The van der Waals surface area contributed by atoms with Crippen LogP contribution in [0.2, 0.25) is 5.02 Å². The van der Waals surface area contributed by atoms with Crippen LogP contribution < -0.4 is 5.32 Å². The molecule has 2 amide bonds. The molecule has 11 heteroatoms. The largest absolute Gasteiger partial charge is 0.349 e. The van der Waals surface area contributed by atoms with Crippen molar-refractivity contribution in [2.45, 2.75) is 66.2 Å². The highest BCUT2D eigenvalue weighted by molar-refractivity contribution is 7.92. The van der Waals surface area contributed by atoms with Crippen molar-refractivity contribution in [1.82, 2.24) is 15.2 Å². The minimum atomic E-state index is -4.19. The molecule has 0 spiro atoms. The standard InChI is InChI=1S/C24H24ClF2N3O4S/c1-23(6-7-23)29-21(31)18-11-15(35(33,34)19-5-3-2-4-16(19)26)13-30(18)22(32)24(8-9-24)20-17(27)10-14(25)12-28-20/h2-5,10,12,15,18H,6-9,11,13H2,1H3,(H,29,31). The molecule has 1 N–H and O–H groups in total. The molecule has 2 saturated carbocycles. The normalized spacial score (nSPS) is 24.2. The third-order valence-electron chi connectivity index (χ3n) is 7.25. The molecule has 1 aliphatic heterocycles. The molecule has 5 rings (SSSR count). The number of aromatic nitrogens is 1. The molecule has 7 nitrogen and oxygen atoms in total. The molecule has 1 saturated heterocycles. The average molecular weight is 524 g/mol. The maximum absolute atomic E-state index is 14.7. The first-order valence-electron chi connectivity index (χ1n) is 11.4. The van der Waals surface area contributed by atoms with E-state index in [0.717, 1.165) is 25.0 Å². The summed E-state index contributed by atoms with van der Waals surface area (Å²) >= 11 is 5.82. The number of carbonyl (C=O) groups excluding carboxylic acids is 2. The number of amides is 2. The molecule has 2 unspecified atom stereocenters. The van der Waals surface area contributed by atoms with Crippen LogP contribution in [0.4, 0.5) is 8.78 Å². The summed E-state index contributed by atoms with van der Waals surface area (Å²) in [5, 5.41) is 1.80. The van der Waals surface area contributed by atoms with E-state index in [1.165, 1.54) is 29.3 Å². The second-order valence-corrected chi connectivity index (χ2v) is 12.6. The molecule has 0 bridgehead atoms. The zero-order valence-electron chi connectivity index (χ0n) is 18.9. The molecule has 3 aliphatic rings. The number of sulfone groups is 1. The lowest BCUT2D eigenvalue weighted by molar-refractivity contribution is -0.140. The molecule has 1 aromatic heterocycles. The van der Waals surface area contributed by atoms with E-state index in [1.807, 2.05) is 6.92 Å². The lowest BCUT2D eigenvalue weighted by Crippen LogP contribution is -2.51. The van der Waals surface area contributed by atoms with Crippen LogP contribution in [0.1, 0.15) is 44.7 Å². The van der Waals surface area contributed by atoms with Gasteiger partial charge in [-0.15, -0.1) is 0 Å². The van der Waals surface area contributed by atoms with Crippen LogP contribution in [0.3, 0.4) is 0 Å². The second-order valence-electron chi connectivity index (χ2n) is 9.92. The van der Waals surface area contributed by atoms with E-state index >= 15 is 0 Å². The number of carbonyl (C=O) groups is 2. The van der Waals surface area contributed by atoms with Crippen molar-refractivity contribution in [3.63, 3.8) is 0 Å². The minimum Gasteiger partial charge on any atom is -0.349 e. The highest BCUT2D eigenvalue weighted by atomic mass is 35.5. The predicted octanol–water partition coefficient (Wildman–Crippen LogP) is 3.16. The number of hydrogen-bond acceptors (Lipinski definition) is 5. The van der Waals surface area contributed by atoms with Crippen LogP contribution in [-0.2, 0) is 24.8 Å². The van der Waals surface area contributed by atoms with E-state index in [0.29, 0.717) is 12.8 Å². The first-order chi connectivity index (χ1) is 16.5. The highest BCUT2D eigenvalue weighted by Crippen LogP contribution is 2.51. The molecule has 2 atom stereocenters. The van der Waals surface area contributed by atoms with Gasteiger partial charge in [0.2, 0.25) is 11.8 Å². The Morgan fingerprint density at radius 1 is 1.14 bits per heavy atom. The summed E-state index contributed by atoms with van der Waals surface area (Å²) in [6, 6.07) is 5.02.